The van der Waals surface area contributed by atoms with Crippen LogP contribution < -0.4 is 5.73 Å². The van der Waals surface area contributed by atoms with E-state index in [1.807, 2.05) is 13.0 Å². The molecule has 2 heterocycles. The van der Waals surface area contributed by atoms with Crippen molar-refractivity contribution < 1.29 is 41.4 Å². The average Bonchev–Trinajstić information content (AvgIpc) is 2.68. The SMILES string of the molecule is Cc1cccc2c1CCN(S(=O)(=O)c1cc(Br)cnc1N)C2C(=O)O.O=C(O)C(F)(F)F. The second-order valence-corrected chi connectivity index (χ2v) is 9.36. The standard InChI is InChI=1S/C16H16BrN3O4S.C2HF3O2/c1-9-3-2-4-12-11(9)5-6-20(14(12)16(21)22)25(23,24)13-7-10(17)8-19-15(13)18;3-2(4,5)1(6)7/h2-4,7-8,14H,5-6H2,1H3,(H2,18,19)(H,21,22);(H,6,7). The number of nitrogen functional groups attached to an aromatic ring is 1. The first-order chi connectivity index (χ1) is 14.7. The minimum atomic E-state index is -5.08. The molecular weight excluding hydrogens is 523 g/mol. The molecule has 0 amide bonds. The van der Waals surface area contributed by atoms with Gasteiger partial charge in [-0.3, -0.25) is 4.79 Å². The Bertz CT molecular complexity index is 1160. The molecule has 9 nitrogen and oxygen atoms in total. The largest absolute Gasteiger partial charge is 0.490 e. The van der Waals surface area contributed by atoms with Gasteiger partial charge in [-0.05, 0) is 52.0 Å². The Labute approximate surface area is 188 Å². The van der Waals surface area contributed by atoms with Crippen LogP contribution in [0.2, 0.25) is 0 Å². The normalized spacial score (nSPS) is 16.5. The first-order valence-corrected chi connectivity index (χ1v) is 11.0. The third kappa shape index (κ3) is 5.37. The molecule has 3 rings (SSSR count). The van der Waals surface area contributed by atoms with Gasteiger partial charge in [-0.15, -0.1) is 0 Å². The van der Waals surface area contributed by atoms with Gasteiger partial charge in [-0.2, -0.15) is 17.5 Å². The van der Waals surface area contributed by atoms with E-state index < -0.39 is 34.2 Å². The lowest BCUT2D eigenvalue weighted by atomic mass is 9.91. The molecule has 0 saturated carbocycles. The van der Waals surface area contributed by atoms with Crippen LogP contribution in [-0.2, 0) is 26.0 Å². The summed E-state index contributed by atoms with van der Waals surface area (Å²) in [6, 6.07) is 5.31. The van der Waals surface area contributed by atoms with Gasteiger partial charge in [0.15, 0.2) is 0 Å². The zero-order chi connectivity index (χ0) is 24.4. The van der Waals surface area contributed by atoms with E-state index in [9.17, 15) is 31.5 Å². The third-order valence-electron chi connectivity index (χ3n) is 4.52. The topological polar surface area (TPSA) is 151 Å². The maximum absolute atomic E-state index is 13.1. The number of benzene rings is 1. The predicted molar refractivity (Wildman–Crippen MR) is 109 cm³/mol. The fourth-order valence-corrected chi connectivity index (χ4v) is 5.25. The van der Waals surface area contributed by atoms with Crippen molar-refractivity contribution in [3.05, 3.63) is 51.6 Å². The number of aliphatic carboxylic acids is 2. The highest BCUT2D eigenvalue weighted by Gasteiger charge is 2.42. The van der Waals surface area contributed by atoms with Gasteiger partial charge in [0.05, 0.1) is 0 Å². The summed E-state index contributed by atoms with van der Waals surface area (Å²) in [6.45, 7) is 1.95. The minimum absolute atomic E-state index is 0.0586. The van der Waals surface area contributed by atoms with Crippen molar-refractivity contribution in [2.45, 2.75) is 30.5 Å². The Kier molecular flexibility index (Phi) is 7.52. The van der Waals surface area contributed by atoms with Crippen molar-refractivity contribution in [2.24, 2.45) is 0 Å². The van der Waals surface area contributed by atoms with Crippen LogP contribution in [0.4, 0.5) is 19.0 Å². The number of hydrogen-bond acceptors (Lipinski definition) is 6. The molecule has 0 spiro atoms. The van der Waals surface area contributed by atoms with Gasteiger partial charge in [-0.25, -0.2) is 18.2 Å². The zero-order valence-corrected chi connectivity index (χ0v) is 18.7. The number of nitrogens with two attached hydrogens (primary N) is 1. The minimum Gasteiger partial charge on any atom is -0.480 e. The molecule has 1 aliphatic rings. The number of pyridine rings is 1. The summed E-state index contributed by atoms with van der Waals surface area (Å²) >= 11 is 3.17. The number of anilines is 1. The quantitative estimate of drug-likeness (QED) is 0.538. The first-order valence-electron chi connectivity index (χ1n) is 8.72. The summed E-state index contributed by atoms with van der Waals surface area (Å²) < 4.78 is 59.3. The third-order valence-corrected chi connectivity index (χ3v) is 6.85. The highest BCUT2D eigenvalue weighted by Crippen LogP contribution is 2.37. The maximum atomic E-state index is 13.1. The summed E-state index contributed by atoms with van der Waals surface area (Å²) in [4.78, 5) is 24.4. The zero-order valence-electron chi connectivity index (χ0n) is 16.3. The fourth-order valence-electron chi connectivity index (χ4n) is 3.11. The van der Waals surface area contributed by atoms with E-state index in [0.717, 1.165) is 15.4 Å². The number of aryl methyl sites for hydroxylation is 1. The van der Waals surface area contributed by atoms with Crippen LogP contribution in [0.1, 0.15) is 22.7 Å². The molecule has 1 aromatic carbocycles. The van der Waals surface area contributed by atoms with Gasteiger partial charge in [0.1, 0.15) is 16.8 Å². The van der Waals surface area contributed by atoms with Crippen LogP contribution in [0.5, 0.6) is 0 Å². The lowest BCUT2D eigenvalue weighted by Crippen LogP contribution is -2.43. The molecule has 32 heavy (non-hydrogen) atoms. The number of rotatable bonds is 3. The van der Waals surface area contributed by atoms with Crippen molar-refractivity contribution in [2.75, 3.05) is 12.3 Å². The summed E-state index contributed by atoms with van der Waals surface area (Å²) in [5.41, 5.74) is 8.05. The van der Waals surface area contributed by atoms with E-state index in [1.165, 1.54) is 12.3 Å². The van der Waals surface area contributed by atoms with Gasteiger partial charge in [0.2, 0.25) is 10.0 Å². The Morgan fingerprint density at radius 2 is 1.88 bits per heavy atom. The number of carboxylic acid groups (broad SMARTS) is 2. The monoisotopic (exact) mass is 539 g/mol. The lowest BCUT2D eigenvalue weighted by Gasteiger charge is -2.34. The molecule has 0 saturated heterocycles. The number of carboxylic acids is 2. The number of nitrogens with zero attached hydrogens (tertiary/aromatic N) is 2. The molecule has 1 aliphatic heterocycles. The lowest BCUT2D eigenvalue weighted by molar-refractivity contribution is -0.192. The molecule has 1 atom stereocenters. The van der Waals surface area contributed by atoms with Crippen molar-refractivity contribution in [1.82, 2.24) is 9.29 Å². The van der Waals surface area contributed by atoms with Crippen LogP contribution in [0, 0.1) is 6.92 Å². The number of alkyl halides is 3. The fraction of sp³-hybridized carbons (Fsp3) is 0.278. The maximum Gasteiger partial charge on any atom is 0.490 e. The number of sulfonamides is 1. The van der Waals surface area contributed by atoms with Crippen molar-refractivity contribution in [3.63, 3.8) is 0 Å². The summed E-state index contributed by atoms with van der Waals surface area (Å²) in [5.74, 6) is -4.15. The van der Waals surface area contributed by atoms with E-state index in [4.69, 9.17) is 15.6 Å². The molecule has 1 unspecified atom stereocenters. The Balaban J connectivity index is 0.000000451. The number of fused-ring (bicyclic) bond motifs is 1. The average molecular weight is 540 g/mol. The molecule has 0 fully saturated rings. The Hall–Kier alpha value is -2.71. The van der Waals surface area contributed by atoms with Crippen molar-refractivity contribution in [3.8, 4) is 0 Å². The van der Waals surface area contributed by atoms with E-state index in [1.54, 1.807) is 12.1 Å². The molecule has 174 valence electrons. The first kappa shape index (κ1) is 25.5. The summed E-state index contributed by atoms with van der Waals surface area (Å²) in [7, 11) is -4.13. The highest BCUT2D eigenvalue weighted by atomic mass is 79.9. The predicted octanol–water partition coefficient (Wildman–Crippen LogP) is 2.74. The second-order valence-electron chi connectivity index (χ2n) is 6.59. The molecule has 14 heteroatoms. The van der Waals surface area contributed by atoms with Gasteiger partial charge in [0.25, 0.3) is 0 Å². The number of hydrogen-bond donors (Lipinski definition) is 3. The van der Waals surface area contributed by atoms with E-state index in [0.29, 0.717) is 16.5 Å². The highest BCUT2D eigenvalue weighted by molar-refractivity contribution is 9.10. The Morgan fingerprint density at radius 3 is 2.41 bits per heavy atom. The second kappa shape index (κ2) is 9.42. The number of carbonyl (C=O) groups is 2. The van der Waals surface area contributed by atoms with Crippen LogP contribution in [-0.4, -0.2) is 52.6 Å². The van der Waals surface area contributed by atoms with Crippen LogP contribution in [0.3, 0.4) is 0 Å². The van der Waals surface area contributed by atoms with Crippen LogP contribution in [0.25, 0.3) is 0 Å². The van der Waals surface area contributed by atoms with Crippen LogP contribution in [0.15, 0.2) is 39.8 Å². The molecule has 0 radical (unpaired) electrons. The van der Waals surface area contributed by atoms with Gasteiger partial charge >= 0.3 is 18.1 Å². The van der Waals surface area contributed by atoms with E-state index >= 15 is 0 Å². The van der Waals surface area contributed by atoms with Crippen molar-refractivity contribution >= 4 is 43.7 Å². The van der Waals surface area contributed by atoms with Gasteiger partial charge in [0, 0.05) is 17.2 Å². The summed E-state index contributed by atoms with van der Waals surface area (Å²) in [6.07, 6.45) is -3.26. The van der Waals surface area contributed by atoms with E-state index in [2.05, 4.69) is 20.9 Å². The van der Waals surface area contributed by atoms with Crippen LogP contribution >= 0.6 is 15.9 Å². The summed E-state index contributed by atoms with van der Waals surface area (Å²) in [5, 5.41) is 16.8. The molecule has 0 aliphatic carbocycles. The van der Waals surface area contributed by atoms with Crippen molar-refractivity contribution in [1.29, 1.82) is 0 Å². The molecule has 0 bridgehead atoms. The molecule has 2 aromatic rings. The van der Waals surface area contributed by atoms with Gasteiger partial charge in [-0.1, -0.05) is 18.2 Å². The molecule has 4 N–H and O–H groups in total. The molecule has 1 aromatic heterocycles. The number of aromatic nitrogens is 1. The smallest absolute Gasteiger partial charge is 0.480 e. The van der Waals surface area contributed by atoms with Gasteiger partial charge < -0.3 is 15.9 Å². The van der Waals surface area contributed by atoms with E-state index in [-0.39, 0.29) is 17.3 Å². The molecular formula is C18H17BrF3N3O6S. The number of halogens is 4. The Morgan fingerprint density at radius 1 is 1.28 bits per heavy atom.